The van der Waals surface area contributed by atoms with Gasteiger partial charge in [0.2, 0.25) is 5.91 Å². The minimum absolute atomic E-state index is 0.127. The van der Waals surface area contributed by atoms with Gasteiger partial charge in [-0.1, -0.05) is 12.1 Å². The number of furan rings is 1. The van der Waals surface area contributed by atoms with E-state index in [4.69, 9.17) is 13.9 Å². The van der Waals surface area contributed by atoms with E-state index >= 15 is 0 Å². The Morgan fingerprint density at radius 2 is 2.09 bits per heavy atom. The quantitative estimate of drug-likeness (QED) is 0.418. The molecule has 2 aromatic heterocycles. The first-order valence-corrected chi connectivity index (χ1v) is 12.5. The van der Waals surface area contributed by atoms with Gasteiger partial charge in [-0.05, 0) is 49.7 Å². The largest absolute Gasteiger partial charge is 0.492 e. The highest BCUT2D eigenvalue weighted by Gasteiger charge is 2.18. The Morgan fingerprint density at radius 3 is 2.89 bits per heavy atom. The van der Waals surface area contributed by atoms with Crippen molar-refractivity contribution in [2.24, 2.45) is 0 Å². The second-order valence-corrected chi connectivity index (χ2v) is 9.21. The third kappa shape index (κ3) is 7.64. The van der Waals surface area contributed by atoms with E-state index < -0.39 is 0 Å². The molecular weight excluding hydrogens is 468 g/mol. The first kappa shape index (κ1) is 24.9. The van der Waals surface area contributed by atoms with E-state index in [9.17, 15) is 9.59 Å². The number of nitrogens with one attached hydrogen (secondary N) is 2. The molecule has 1 saturated heterocycles. The smallest absolute Gasteiger partial charge is 0.293 e. The summed E-state index contributed by atoms with van der Waals surface area (Å²) in [6, 6.07) is 11.5. The molecule has 2 amide bonds. The van der Waals surface area contributed by atoms with E-state index in [2.05, 4.69) is 27.6 Å². The average Bonchev–Trinajstić information content (AvgIpc) is 3.56. The van der Waals surface area contributed by atoms with Gasteiger partial charge in [-0.2, -0.15) is 0 Å². The van der Waals surface area contributed by atoms with E-state index in [0.29, 0.717) is 30.0 Å². The maximum atomic E-state index is 12.4. The van der Waals surface area contributed by atoms with E-state index in [1.54, 1.807) is 17.5 Å². The Balaban J connectivity index is 1.18. The van der Waals surface area contributed by atoms with Crippen LogP contribution < -0.4 is 15.4 Å². The third-order valence-corrected chi connectivity index (χ3v) is 6.58. The molecule has 10 heteroatoms. The first-order chi connectivity index (χ1) is 17.1. The van der Waals surface area contributed by atoms with Gasteiger partial charge >= 0.3 is 0 Å². The summed E-state index contributed by atoms with van der Waals surface area (Å²) < 4.78 is 16.4. The topological polar surface area (TPSA) is 106 Å². The van der Waals surface area contributed by atoms with Crippen LogP contribution in [0.1, 0.15) is 34.7 Å². The lowest BCUT2D eigenvalue weighted by Crippen LogP contribution is -2.38. The minimum Gasteiger partial charge on any atom is -0.492 e. The number of likely N-dealkylation sites (N-methyl/N-ethyl adjacent to an activating group) is 1. The summed E-state index contributed by atoms with van der Waals surface area (Å²) >= 11 is 1.26. The van der Waals surface area contributed by atoms with Gasteiger partial charge in [-0.25, -0.2) is 4.98 Å². The highest BCUT2D eigenvalue weighted by atomic mass is 32.1. The molecule has 2 N–H and O–H groups in total. The van der Waals surface area contributed by atoms with Crippen molar-refractivity contribution in [3.63, 3.8) is 0 Å². The Labute approximate surface area is 208 Å². The van der Waals surface area contributed by atoms with Crippen molar-refractivity contribution in [2.45, 2.75) is 31.8 Å². The maximum Gasteiger partial charge on any atom is 0.293 e. The number of thiazole rings is 1. The zero-order chi connectivity index (χ0) is 24.5. The highest BCUT2D eigenvalue weighted by molar-refractivity contribution is 7.14. The average molecular weight is 499 g/mol. The van der Waals surface area contributed by atoms with Crippen molar-refractivity contribution in [1.82, 2.24) is 15.2 Å². The second kappa shape index (κ2) is 12.5. The minimum atomic E-state index is -0.377. The fourth-order valence-electron chi connectivity index (χ4n) is 3.80. The Bertz CT molecular complexity index is 1090. The number of carbonyl (C=O) groups is 2. The van der Waals surface area contributed by atoms with Crippen LogP contribution in [0.5, 0.6) is 5.75 Å². The lowest BCUT2D eigenvalue weighted by atomic mass is 10.1. The molecule has 0 spiro atoms. The summed E-state index contributed by atoms with van der Waals surface area (Å²) in [5.41, 5.74) is 1.55. The maximum absolute atomic E-state index is 12.4. The number of aromatic nitrogens is 1. The third-order valence-electron chi connectivity index (χ3n) is 5.77. The number of hydrogen-bond acceptors (Lipinski definition) is 8. The Hall–Kier alpha value is -3.21. The van der Waals surface area contributed by atoms with Crippen LogP contribution in [0.4, 0.5) is 5.13 Å². The molecule has 0 aliphatic carbocycles. The van der Waals surface area contributed by atoms with Crippen LogP contribution in [-0.2, 0) is 22.5 Å². The van der Waals surface area contributed by atoms with Crippen LogP contribution in [0.25, 0.3) is 0 Å². The summed E-state index contributed by atoms with van der Waals surface area (Å²) in [4.78, 5) is 31.1. The molecule has 1 aliphatic heterocycles. The van der Waals surface area contributed by atoms with Crippen molar-refractivity contribution in [1.29, 1.82) is 0 Å². The fourth-order valence-corrected chi connectivity index (χ4v) is 4.51. The van der Waals surface area contributed by atoms with E-state index in [1.807, 2.05) is 24.3 Å². The molecule has 4 rings (SSSR count). The summed E-state index contributed by atoms with van der Waals surface area (Å²) in [5.74, 6) is 0.465. The number of nitrogens with zero attached hydrogens (tertiary/aromatic N) is 2. The molecule has 0 unspecified atom stereocenters. The molecule has 1 aromatic carbocycles. The number of benzene rings is 1. The Morgan fingerprint density at radius 1 is 1.23 bits per heavy atom. The van der Waals surface area contributed by atoms with Gasteiger partial charge in [0.25, 0.3) is 5.91 Å². The van der Waals surface area contributed by atoms with Crippen molar-refractivity contribution in [3.05, 3.63) is 65.1 Å². The van der Waals surface area contributed by atoms with Gasteiger partial charge in [-0.15, -0.1) is 11.3 Å². The number of ether oxygens (including phenoxy) is 2. The van der Waals surface area contributed by atoms with Crippen LogP contribution in [0, 0.1) is 0 Å². The number of anilines is 1. The van der Waals surface area contributed by atoms with Gasteiger partial charge in [-0.3, -0.25) is 19.8 Å². The van der Waals surface area contributed by atoms with Gasteiger partial charge in [0, 0.05) is 37.7 Å². The van der Waals surface area contributed by atoms with Crippen LogP contribution in [0.15, 0.2) is 52.5 Å². The van der Waals surface area contributed by atoms with Crippen molar-refractivity contribution >= 4 is 28.3 Å². The van der Waals surface area contributed by atoms with Gasteiger partial charge < -0.3 is 19.2 Å². The molecule has 0 atom stereocenters. The van der Waals surface area contributed by atoms with E-state index in [1.165, 1.54) is 17.6 Å². The van der Waals surface area contributed by atoms with E-state index in [-0.39, 0.29) is 24.0 Å². The van der Waals surface area contributed by atoms with Gasteiger partial charge in [0.1, 0.15) is 12.4 Å². The number of hydrogen-bond donors (Lipinski definition) is 2. The van der Waals surface area contributed by atoms with Crippen molar-refractivity contribution < 1.29 is 23.5 Å². The van der Waals surface area contributed by atoms with Crippen molar-refractivity contribution in [2.75, 3.05) is 38.7 Å². The van der Waals surface area contributed by atoms with Crippen LogP contribution in [-0.4, -0.2) is 61.2 Å². The summed E-state index contributed by atoms with van der Waals surface area (Å²) in [6.07, 6.45) is 3.68. The molecule has 3 heterocycles. The monoisotopic (exact) mass is 498 g/mol. The number of amides is 2. The van der Waals surface area contributed by atoms with Crippen LogP contribution in [0.3, 0.4) is 0 Å². The normalized spacial score (nSPS) is 14.1. The number of carbonyl (C=O) groups excluding carboxylic acids is 2. The zero-order valence-electron chi connectivity index (χ0n) is 19.7. The zero-order valence-corrected chi connectivity index (χ0v) is 20.5. The van der Waals surface area contributed by atoms with Crippen LogP contribution in [0.2, 0.25) is 0 Å². The molecule has 0 radical (unpaired) electrons. The molecular formula is C25H30N4O5S. The van der Waals surface area contributed by atoms with Crippen LogP contribution >= 0.6 is 11.3 Å². The number of rotatable bonds is 11. The predicted molar refractivity (Wildman–Crippen MR) is 133 cm³/mol. The molecule has 186 valence electrons. The molecule has 0 saturated carbocycles. The predicted octanol–water partition coefficient (Wildman–Crippen LogP) is 3.34. The summed E-state index contributed by atoms with van der Waals surface area (Å²) in [7, 11) is 2.13. The SMILES string of the molecule is CN(CCOc1cccc(CNC(=O)Cc2csc(NC(=O)c3ccco3)n2)c1)C1CCOCC1. The Kier molecular flexibility index (Phi) is 8.88. The molecule has 1 aliphatic rings. The standard InChI is InChI=1S/C25H30N4O5S/c1-29(20-7-11-32-12-8-20)9-13-33-21-5-2-4-18(14-21)16-26-23(30)15-19-17-35-25(27-19)28-24(31)22-6-3-10-34-22/h2-6,10,14,17,20H,7-9,11-13,15-16H2,1H3,(H,26,30)(H,27,28,31). The fraction of sp³-hybridized carbons (Fsp3) is 0.400. The van der Waals surface area contributed by atoms with Gasteiger partial charge in [0.15, 0.2) is 10.9 Å². The second-order valence-electron chi connectivity index (χ2n) is 8.35. The lowest BCUT2D eigenvalue weighted by Gasteiger charge is -2.31. The van der Waals surface area contributed by atoms with Gasteiger partial charge in [0.05, 0.1) is 18.4 Å². The summed E-state index contributed by atoms with van der Waals surface area (Å²) in [6.45, 7) is 3.50. The molecule has 1 fully saturated rings. The summed E-state index contributed by atoms with van der Waals surface area (Å²) in [5, 5.41) is 7.75. The highest BCUT2D eigenvalue weighted by Crippen LogP contribution is 2.18. The van der Waals surface area contributed by atoms with Crippen molar-refractivity contribution in [3.8, 4) is 5.75 Å². The molecule has 3 aromatic rings. The molecule has 35 heavy (non-hydrogen) atoms. The molecule has 0 bridgehead atoms. The first-order valence-electron chi connectivity index (χ1n) is 11.6. The van der Waals surface area contributed by atoms with E-state index in [0.717, 1.165) is 43.9 Å². The lowest BCUT2D eigenvalue weighted by molar-refractivity contribution is -0.120. The molecule has 9 nitrogen and oxygen atoms in total.